The molecule has 264 valence electrons. The summed E-state index contributed by atoms with van der Waals surface area (Å²) in [7, 11) is 0. The first-order chi connectivity index (χ1) is 21.3. The van der Waals surface area contributed by atoms with E-state index in [-0.39, 0.29) is 50.6 Å². The van der Waals surface area contributed by atoms with Crippen molar-refractivity contribution in [2.45, 2.75) is 219 Å². The number of aliphatic carboxylic acids is 2. The number of hydrogen-bond acceptors (Lipinski definition) is 5. The van der Waals surface area contributed by atoms with E-state index in [2.05, 4.69) is 25.3 Å². The summed E-state index contributed by atoms with van der Waals surface area (Å²) in [5.41, 5.74) is 8.50. The van der Waals surface area contributed by atoms with E-state index in [4.69, 9.17) is 4.79 Å². The molecular weight excluding hydrogens is 592 g/mol. The molecule has 2 amide bonds. The molecule has 4 N–H and O–H groups in total. The van der Waals surface area contributed by atoms with Crippen LogP contribution in [-0.2, 0) is 9.59 Å². The third-order valence-corrected chi connectivity index (χ3v) is 7.97. The van der Waals surface area contributed by atoms with Crippen LogP contribution in [0.15, 0.2) is 0 Å². The Bertz CT molecular complexity index is 545. The molecule has 0 aliphatic carbocycles. The predicted octanol–water partition coefficient (Wildman–Crippen LogP) is 8.64. The second-order valence-electron chi connectivity index (χ2n) is 12.5. The number of carbonyl (C=O) groups excluding carboxylic acids is 3. The fraction of sp³-hybridized carbons (Fsp3) is 0.919. The molecule has 0 aromatic carbocycles. The minimum absolute atomic E-state index is 0. The van der Waals surface area contributed by atoms with E-state index in [9.17, 15) is 19.8 Å². The van der Waals surface area contributed by atoms with Gasteiger partial charge in [0.1, 0.15) is 0 Å². The molecule has 0 aromatic rings. The van der Waals surface area contributed by atoms with Gasteiger partial charge in [-0.05, 0) is 25.7 Å². The Hall–Kier alpha value is -0.530. The molecule has 0 unspecified atom stereocenters. The second kappa shape index (κ2) is 47.9. The average Bonchev–Trinajstić information content (AvgIpc) is 2.97. The molecule has 0 saturated carbocycles. The second-order valence-corrected chi connectivity index (χ2v) is 12.5. The van der Waals surface area contributed by atoms with Crippen molar-refractivity contribution in [3.8, 4) is 0 Å². The predicted molar refractivity (Wildman–Crippen MR) is 189 cm³/mol. The van der Waals surface area contributed by atoms with Gasteiger partial charge in [0.05, 0.1) is 0 Å². The third-order valence-electron chi connectivity index (χ3n) is 7.97. The van der Waals surface area contributed by atoms with E-state index in [0.717, 1.165) is 25.7 Å². The van der Waals surface area contributed by atoms with Gasteiger partial charge in [-0.1, -0.05) is 194 Å². The van der Waals surface area contributed by atoms with Crippen molar-refractivity contribution in [2.75, 3.05) is 0 Å². The van der Waals surface area contributed by atoms with Gasteiger partial charge in [-0.3, -0.25) is 0 Å². The normalized spacial score (nSPS) is 10.2. The molecule has 0 bridgehead atoms. The number of carboxylic acid groups (broad SMARTS) is 2. The van der Waals surface area contributed by atoms with E-state index in [1.54, 1.807) is 0 Å². The Labute approximate surface area is 309 Å². The summed E-state index contributed by atoms with van der Waals surface area (Å²) in [6.07, 6.45) is 39.7. The van der Waals surface area contributed by atoms with Crippen LogP contribution in [0.1, 0.15) is 219 Å². The van der Waals surface area contributed by atoms with Crippen molar-refractivity contribution < 1.29 is 24.6 Å². The van der Waals surface area contributed by atoms with Crippen molar-refractivity contribution in [3.05, 3.63) is 0 Å². The molecule has 0 radical (unpaired) electrons. The van der Waals surface area contributed by atoms with E-state index in [0.29, 0.717) is 0 Å². The Balaban J connectivity index is -0.000000327. The summed E-state index contributed by atoms with van der Waals surface area (Å²) < 4.78 is 0. The van der Waals surface area contributed by atoms with Crippen LogP contribution in [-0.4, -0.2) is 55.7 Å². The molecule has 0 rings (SSSR count). The van der Waals surface area contributed by atoms with Gasteiger partial charge < -0.3 is 31.3 Å². The largest absolute Gasteiger partial charge is 2.00 e. The van der Waals surface area contributed by atoms with Gasteiger partial charge in [0.2, 0.25) is 0 Å². The van der Waals surface area contributed by atoms with E-state index >= 15 is 0 Å². The van der Waals surface area contributed by atoms with Gasteiger partial charge in [-0.25, -0.2) is 4.79 Å². The van der Waals surface area contributed by atoms with Crippen LogP contribution in [0.5, 0.6) is 0 Å². The number of rotatable bonds is 32. The van der Waals surface area contributed by atoms with Gasteiger partial charge in [-0.15, -0.1) is 0 Å². The van der Waals surface area contributed by atoms with Crippen LogP contribution in [0.4, 0.5) is 4.79 Å². The van der Waals surface area contributed by atoms with Crippen LogP contribution in [0, 0.1) is 0 Å². The van der Waals surface area contributed by atoms with Gasteiger partial charge in [-0.2, -0.15) is 0 Å². The van der Waals surface area contributed by atoms with Crippen molar-refractivity contribution in [1.29, 1.82) is 0 Å². The van der Waals surface area contributed by atoms with Crippen LogP contribution in [0.3, 0.4) is 0 Å². The first-order valence-electron chi connectivity index (χ1n) is 18.7. The van der Waals surface area contributed by atoms with Crippen molar-refractivity contribution in [3.63, 3.8) is 0 Å². The summed E-state index contributed by atoms with van der Waals surface area (Å²) in [6.45, 7) is 4.53. The minimum atomic E-state index is -0.903. The molecule has 0 saturated heterocycles. The summed E-state index contributed by atoms with van der Waals surface area (Å²) >= 11 is 0. The zero-order chi connectivity index (χ0) is 33.4. The van der Waals surface area contributed by atoms with Crippen LogP contribution < -0.4 is 21.7 Å². The Morgan fingerprint density at radius 1 is 0.356 bits per heavy atom. The monoisotopic (exact) mass is 667 g/mol. The molecule has 8 heteroatoms. The summed E-state index contributed by atoms with van der Waals surface area (Å²) in [6, 6.07) is -0.833. The maximum atomic E-state index is 10.2. The fourth-order valence-electron chi connectivity index (χ4n) is 5.28. The number of carboxylic acids is 2. The van der Waals surface area contributed by atoms with Crippen LogP contribution >= 0.6 is 0 Å². The minimum Gasteiger partial charge on any atom is -0.550 e. The summed E-state index contributed by atoms with van der Waals surface area (Å²) in [4.78, 5) is 29.4. The number of primary amides is 2. The molecule has 0 aliphatic rings. The summed E-state index contributed by atoms with van der Waals surface area (Å²) in [5, 5.41) is 20.4. The average molecular weight is 667 g/mol. The van der Waals surface area contributed by atoms with Gasteiger partial charge in [0.25, 0.3) is 0 Å². The number of carbonyl (C=O) groups is 3. The zero-order valence-corrected chi connectivity index (χ0v) is 32.2. The molecule has 0 spiro atoms. The number of hydrogen-bond donors (Lipinski definition) is 2. The van der Waals surface area contributed by atoms with E-state index in [1.165, 1.54) is 167 Å². The Morgan fingerprint density at radius 2 is 0.489 bits per heavy atom. The van der Waals surface area contributed by atoms with Crippen molar-refractivity contribution in [1.82, 2.24) is 0 Å². The topological polar surface area (TPSA) is 149 Å². The molecule has 0 heterocycles. The maximum absolute atomic E-state index is 10.2. The molecular formula is C37H74CaN2O5. The first-order valence-corrected chi connectivity index (χ1v) is 18.7. The summed E-state index contributed by atoms with van der Waals surface area (Å²) in [5.74, 6) is -1.81. The van der Waals surface area contributed by atoms with Crippen LogP contribution in [0.2, 0.25) is 0 Å². The molecule has 0 aliphatic heterocycles. The van der Waals surface area contributed by atoms with Gasteiger partial charge in [0.15, 0.2) is 0 Å². The first kappa shape index (κ1) is 51.3. The standard InChI is InChI=1S/2C18H36O2.CH4N2O.Ca/c2*1-2-3-4-5-6-7-8-9-10-11-12-13-14-15-16-17-18(19)20;2-1(3)4;/h2*2-17H2,1H3,(H,19,20);(H4,2,3,4);/q;;;+2/p-2. The zero-order valence-electron chi connectivity index (χ0n) is 30.0. The maximum Gasteiger partial charge on any atom is 2.00 e. The Morgan fingerprint density at radius 3 is 0.622 bits per heavy atom. The number of urea groups is 1. The molecule has 0 fully saturated rings. The molecule has 7 nitrogen and oxygen atoms in total. The van der Waals surface area contributed by atoms with E-state index < -0.39 is 18.0 Å². The third kappa shape index (κ3) is 66.7. The van der Waals surface area contributed by atoms with Gasteiger partial charge >= 0.3 is 43.8 Å². The van der Waals surface area contributed by atoms with Crippen molar-refractivity contribution in [2.24, 2.45) is 11.5 Å². The van der Waals surface area contributed by atoms with Crippen LogP contribution in [0.25, 0.3) is 0 Å². The fourth-order valence-corrected chi connectivity index (χ4v) is 5.28. The van der Waals surface area contributed by atoms with Crippen molar-refractivity contribution >= 4 is 55.7 Å². The quantitative estimate of drug-likeness (QED) is 0.0544. The molecule has 45 heavy (non-hydrogen) atoms. The van der Waals surface area contributed by atoms with E-state index in [1.807, 2.05) is 0 Å². The number of nitrogens with two attached hydrogens (primary N) is 2. The molecule has 0 aromatic heterocycles. The number of unbranched alkanes of at least 4 members (excludes halogenated alkanes) is 28. The van der Waals surface area contributed by atoms with Gasteiger partial charge in [0, 0.05) is 11.9 Å². The number of amides is 2. The SMILES string of the molecule is CCCCCCCCCCCCCCCCCC(=O)[O-].CCCCCCCCCCCCCCCCCC(=O)[O-].NC(N)=O.[Ca+2]. The Kier molecular flexibility index (Phi) is 54.6. The molecule has 0 atom stereocenters. The smallest absolute Gasteiger partial charge is 0.550 e.